The number of hydrogen-bond acceptors (Lipinski definition) is 4. The summed E-state index contributed by atoms with van der Waals surface area (Å²) < 4.78 is 68.7. The van der Waals surface area contributed by atoms with Crippen molar-refractivity contribution in [3.8, 4) is 0 Å². The lowest BCUT2D eigenvalue weighted by Gasteiger charge is -2.48. The van der Waals surface area contributed by atoms with E-state index < -0.39 is 35.3 Å². The first-order valence-corrected chi connectivity index (χ1v) is 10.1. The summed E-state index contributed by atoms with van der Waals surface area (Å²) in [6.07, 6.45) is -8.04. The summed E-state index contributed by atoms with van der Waals surface area (Å²) >= 11 is 0. The number of nitrogens with zero attached hydrogens (tertiary/aromatic N) is 2. The molecular weight excluding hydrogens is 417 g/mol. The normalized spacial score (nSPS) is 27.5. The number of alkyl halides is 5. The van der Waals surface area contributed by atoms with E-state index in [1.807, 2.05) is 13.8 Å². The summed E-state index contributed by atoms with van der Waals surface area (Å²) in [5.74, 6) is -0.289. The number of nitrogens with one attached hydrogen (secondary N) is 1. The van der Waals surface area contributed by atoms with Gasteiger partial charge in [0.05, 0.1) is 5.41 Å². The second-order valence-corrected chi connectivity index (χ2v) is 9.00. The molecule has 2 heterocycles. The second-order valence-electron chi connectivity index (χ2n) is 9.00. The largest absolute Gasteiger partial charge is 0.435 e. The molecule has 2 atom stereocenters. The maximum Gasteiger partial charge on any atom is 0.435 e. The molecule has 0 fully saturated rings. The first-order valence-electron chi connectivity index (χ1n) is 10.1. The quantitative estimate of drug-likeness (QED) is 0.577. The Morgan fingerprint density at radius 1 is 1.23 bits per heavy atom. The molecule has 0 spiro atoms. The fourth-order valence-electron chi connectivity index (χ4n) is 5.15. The van der Waals surface area contributed by atoms with Crippen LogP contribution in [0.1, 0.15) is 57.6 Å². The van der Waals surface area contributed by atoms with Crippen LogP contribution >= 0.6 is 0 Å². The van der Waals surface area contributed by atoms with Crippen LogP contribution in [0.25, 0.3) is 0 Å². The van der Waals surface area contributed by atoms with Crippen LogP contribution in [0.2, 0.25) is 0 Å². The average Bonchev–Trinajstić information content (AvgIpc) is 3.10. The van der Waals surface area contributed by atoms with Crippen molar-refractivity contribution in [2.75, 3.05) is 0 Å². The van der Waals surface area contributed by atoms with Crippen molar-refractivity contribution in [2.45, 2.75) is 64.2 Å². The predicted octanol–water partition coefficient (Wildman–Crippen LogP) is 6.13. The van der Waals surface area contributed by atoms with Crippen LogP contribution < -0.4 is 5.32 Å². The number of allylic oxidation sites excluding steroid dienone is 3. The molecule has 2 aliphatic heterocycles. The summed E-state index contributed by atoms with van der Waals surface area (Å²) in [7, 11) is 0. The smallest absolute Gasteiger partial charge is 0.362 e. The third-order valence-electron chi connectivity index (χ3n) is 6.30. The van der Waals surface area contributed by atoms with Crippen molar-refractivity contribution in [2.24, 2.45) is 15.6 Å². The number of ketones is 1. The zero-order chi connectivity index (χ0) is 22.8. The van der Waals surface area contributed by atoms with Crippen LogP contribution in [-0.4, -0.2) is 18.1 Å². The Hall–Kier alpha value is -2.58. The van der Waals surface area contributed by atoms with E-state index in [4.69, 9.17) is 0 Å². The fourth-order valence-corrected chi connectivity index (χ4v) is 5.15. The molecular formula is C22H22F5N3O. The zero-order valence-corrected chi connectivity index (χ0v) is 17.3. The van der Waals surface area contributed by atoms with Gasteiger partial charge in [-0.1, -0.05) is 39.0 Å². The van der Waals surface area contributed by atoms with Crippen LogP contribution in [0.5, 0.6) is 0 Å². The van der Waals surface area contributed by atoms with Gasteiger partial charge < -0.3 is 5.32 Å². The molecule has 31 heavy (non-hydrogen) atoms. The highest BCUT2D eigenvalue weighted by atomic mass is 19.4. The molecule has 0 bridgehead atoms. The number of carbonyl (C=O) groups is 1. The maximum absolute atomic E-state index is 13.9. The number of benzene rings is 1. The van der Waals surface area contributed by atoms with Crippen molar-refractivity contribution in [3.63, 3.8) is 0 Å². The lowest BCUT2D eigenvalue weighted by Crippen LogP contribution is -2.52. The molecule has 0 saturated heterocycles. The number of fused-ring (bicyclic) bond motifs is 1. The molecule has 1 aliphatic carbocycles. The van der Waals surface area contributed by atoms with Gasteiger partial charge in [0.15, 0.2) is 17.6 Å². The van der Waals surface area contributed by atoms with Crippen LogP contribution in [0.3, 0.4) is 0 Å². The number of halogens is 5. The van der Waals surface area contributed by atoms with Gasteiger partial charge in [-0.3, -0.25) is 4.79 Å². The highest BCUT2D eigenvalue weighted by Gasteiger charge is 2.57. The minimum Gasteiger partial charge on any atom is -0.362 e. The first kappa shape index (κ1) is 21.6. The first-order chi connectivity index (χ1) is 14.4. The lowest BCUT2D eigenvalue weighted by atomic mass is 9.58. The van der Waals surface area contributed by atoms with Gasteiger partial charge in [0.1, 0.15) is 0 Å². The van der Waals surface area contributed by atoms with E-state index in [1.165, 1.54) is 24.3 Å². The summed E-state index contributed by atoms with van der Waals surface area (Å²) in [6, 6.07) is 5.32. The van der Waals surface area contributed by atoms with Crippen molar-refractivity contribution < 1.29 is 26.7 Å². The van der Waals surface area contributed by atoms with Gasteiger partial charge in [-0.25, -0.2) is 8.78 Å². The Morgan fingerprint density at radius 3 is 2.55 bits per heavy atom. The number of azo groups is 1. The number of Topliss-reactive ketones (excluding diaryl/α,β-unsaturated/α-hetero) is 1. The van der Waals surface area contributed by atoms with E-state index in [2.05, 4.69) is 15.5 Å². The van der Waals surface area contributed by atoms with Crippen molar-refractivity contribution in [1.29, 1.82) is 0 Å². The monoisotopic (exact) mass is 439 g/mol. The molecule has 0 aromatic heterocycles. The fraction of sp³-hybridized carbons (Fsp3) is 0.500. The van der Waals surface area contributed by atoms with E-state index in [-0.39, 0.29) is 40.9 Å². The molecule has 9 heteroatoms. The number of carbonyl (C=O) groups excluding carboxylic acids is 1. The summed E-state index contributed by atoms with van der Waals surface area (Å²) in [4.78, 5) is 13.3. The highest BCUT2D eigenvalue weighted by Crippen LogP contribution is 2.56. The molecule has 0 saturated carbocycles. The van der Waals surface area contributed by atoms with Crippen LogP contribution in [0.15, 0.2) is 57.0 Å². The molecule has 1 aromatic carbocycles. The van der Waals surface area contributed by atoms with E-state index >= 15 is 0 Å². The Kier molecular flexibility index (Phi) is 4.86. The summed E-state index contributed by atoms with van der Waals surface area (Å²) in [5.41, 5.74) is -2.66. The van der Waals surface area contributed by atoms with Gasteiger partial charge >= 0.3 is 6.18 Å². The standard InChI is InChI=1S/C22H22F5N3O/c1-4-21(12-7-5-6-11(8-12)18(23)24)15-13(9-20(2,3)10-14(15)31)28-19-16(21)17(29-30-19)22(25,26)27/h5-8,18-19,28H,4,9-10H2,1-3H3/t19?,21-/m1/s1. The van der Waals surface area contributed by atoms with Gasteiger partial charge in [-0.05, 0) is 29.9 Å². The lowest BCUT2D eigenvalue weighted by molar-refractivity contribution is -0.119. The van der Waals surface area contributed by atoms with Crippen molar-refractivity contribution >= 4 is 5.78 Å². The Labute approximate surface area is 176 Å². The second kappa shape index (κ2) is 6.97. The molecule has 166 valence electrons. The third-order valence-corrected chi connectivity index (χ3v) is 6.30. The SMILES string of the molecule is CC[C@@]1(c2cccc(C(F)F)c2)C2=C(CC(C)(C)CC2=O)NC2N=NC(C(F)(F)F)=C21. The van der Waals surface area contributed by atoms with Gasteiger partial charge in [-0.2, -0.15) is 18.3 Å². The topological polar surface area (TPSA) is 53.8 Å². The van der Waals surface area contributed by atoms with Gasteiger partial charge in [0, 0.05) is 28.8 Å². The Bertz CT molecular complexity index is 1040. The molecule has 0 amide bonds. The molecule has 1 unspecified atom stereocenters. The van der Waals surface area contributed by atoms with E-state index in [0.717, 1.165) is 0 Å². The summed E-state index contributed by atoms with van der Waals surface area (Å²) in [5, 5.41) is 10.2. The molecule has 1 N–H and O–H groups in total. The maximum atomic E-state index is 13.9. The van der Waals surface area contributed by atoms with Crippen LogP contribution in [0, 0.1) is 5.41 Å². The highest BCUT2D eigenvalue weighted by molar-refractivity contribution is 6.01. The van der Waals surface area contributed by atoms with Crippen molar-refractivity contribution in [1.82, 2.24) is 5.32 Å². The Morgan fingerprint density at radius 2 is 1.94 bits per heavy atom. The van der Waals surface area contributed by atoms with E-state index in [9.17, 15) is 26.7 Å². The average molecular weight is 439 g/mol. The van der Waals surface area contributed by atoms with Crippen LogP contribution in [0.4, 0.5) is 22.0 Å². The summed E-state index contributed by atoms with van der Waals surface area (Å²) in [6.45, 7) is 5.47. The molecule has 3 aliphatic rings. The zero-order valence-electron chi connectivity index (χ0n) is 17.3. The predicted molar refractivity (Wildman–Crippen MR) is 103 cm³/mol. The third kappa shape index (κ3) is 3.29. The molecule has 4 nitrogen and oxygen atoms in total. The van der Waals surface area contributed by atoms with Crippen molar-refractivity contribution in [3.05, 3.63) is 57.9 Å². The van der Waals surface area contributed by atoms with Crippen LogP contribution in [-0.2, 0) is 10.2 Å². The minimum absolute atomic E-state index is 0.0722. The van der Waals surface area contributed by atoms with E-state index in [0.29, 0.717) is 12.1 Å². The van der Waals surface area contributed by atoms with Gasteiger partial charge in [-0.15, -0.1) is 5.11 Å². The number of hydrogen-bond donors (Lipinski definition) is 1. The van der Waals surface area contributed by atoms with E-state index in [1.54, 1.807) is 6.92 Å². The van der Waals surface area contributed by atoms with Gasteiger partial charge in [0.25, 0.3) is 6.43 Å². The molecule has 4 rings (SSSR count). The molecule has 0 radical (unpaired) electrons. The van der Waals surface area contributed by atoms with Gasteiger partial charge in [0.2, 0.25) is 0 Å². The Balaban J connectivity index is 2.08. The minimum atomic E-state index is -4.80. The number of rotatable bonds is 3. The molecule has 1 aromatic rings.